The Morgan fingerprint density at radius 1 is 1.03 bits per heavy atom. The Kier molecular flexibility index (Phi) is 7.22. The zero-order chi connectivity index (χ0) is 24.4. The van der Waals surface area contributed by atoms with E-state index in [1.54, 1.807) is 26.4 Å². The second-order valence-electron chi connectivity index (χ2n) is 9.16. The van der Waals surface area contributed by atoms with Gasteiger partial charge in [-0.3, -0.25) is 4.90 Å². The molecular weight excluding hydrogens is 471 g/mol. The Labute approximate surface area is 209 Å². The van der Waals surface area contributed by atoms with Crippen LogP contribution in [0, 0.1) is 5.82 Å². The maximum Gasteiger partial charge on any atom is 0.165 e. The molecule has 0 amide bonds. The summed E-state index contributed by atoms with van der Waals surface area (Å²) in [7, 11) is 3.42. The van der Waals surface area contributed by atoms with Crippen molar-refractivity contribution >= 4 is 34.0 Å². The number of ether oxygens (including phenoxy) is 3. The first-order chi connectivity index (χ1) is 17.1. The molecule has 9 heteroatoms. The van der Waals surface area contributed by atoms with Crippen molar-refractivity contribution in [3.8, 4) is 11.5 Å². The molecule has 0 radical (unpaired) electrons. The van der Waals surface area contributed by atoms with Gasteiger partial charge in [0.1, 0.15) is 12.1 Å². The fourth-order valence-electron chi connectivity index (χ4n) is 5.13. The molecule has 2 aliphatic rings. The summed E-state index contributed by atoms with van der Waals surface area (Å²) in [5.41, 5.74) is 0.909. The Morgan fingerprint density at radius 3 is 2.60 bits per heavy atom. The van der Waals surface area contributed by atoms with E-state index in [1.165, 1.54) is 12.4 Å². The van der Waals surface area contributed by atoms with E-state index >= 15 is 0 Å². The second-order valence-corrected chi connectivity index (χ2v) is 9.57. The lowest BCUT2D eigenvalue weighted by atomic mass is 9.92. The molecular formula is C26H30ClFN4O3. The number of fused-ring (bicyclic) bond motifs is 1. The van der Waals surface area contributed by atoms with E-state index in [9.17, 15) is 4.39 Å². The van der Waals surface area contributed by atoms with Crippen molar-refractivity contribution < 1.29 is 18.6 Å². The van der Waals surface area contributed by atoms with Crippen molar-refractivity contribution in [3.63, 3.8) is 0 Å². The van der Waals surface area contributed by atoms with Crippen molar-refractivity contribution in [3.05, 3.63) is 47.5 Å². The van der Waals surface area contributed by atoms with Crippen molar-refractivity contribution in [2.45, 2.75) is 50.4 Å². The summed E-state index contributed by atoms with van der Waals surface area (Å²) >= 11 is 5.94. The zero-order valence-corrected chi connectivity index (χ0v) is 20.7. The SMILES string of the molecule is COc1cc2ncnc(Nc3cccc(Cl)c3F)c2cc1OC1CCC(N2CC[C@@H](OC)C2)CC1. The molecule has 1 saturated heterocycles. The van der Waals surface area contributed by atoms with Crippen molar-refractivity contribution in [2.24, 2.45) is 0 Å². The van der Waals surface area contributed by atoms with Gasteiger partial charge in [-0.05, 0) is 50.3 Å². The van der Waals surface area contributed by atoms with Gasteiger partial charge in [0.2, 0.25) is 0 Å². The van der Waals surface area contributed by atoms with E-state index in [1.807, 2.05) is 12.1 Å². The first-order valence-corrected chi connectivity index (χ1v) is 12.4. The van der Waals surface area contributed by atoms with Crippen LogP contribution in [0.3, 0.4) is 0 Å². The summed E-state index contributed by atoms with van der Waals surface area (Å²) in [5.74, 6) is 1.18. The van der Waals surface area contributed by atoms with E-state index in [0.29, 0.717) is 40.4 Å². The lowest BCUT2D eigenvalue weighted by Crippen LogP contribution is -2.39. The molecule has 0 spiro atoms. The molecule has 1 aliphatic heterocycles. The molecule has 0 bridgehead atoms. The monoisotopic (exact) mass is 500 g/mol. The third kappa shape index (κ3) is 5.15. The molecule has 35 heavy (non-hydrogen) atoms. The van der Waals surface area contributed by atoms with Crippen LogP contribution in [0.1, 0.15) is 32.1 Å². The fourth-order valence-corrected chi connectivity index (χ4v) is 5.30. The molecule has 3 aromatic rings. The van der Waals surface area contributed by atoms with Gasteiger partial charge in [0.05, 0.1) is 35.5 Å². The molecule has 1 atom stereocenters. The minimum atomic E-state index is -0.530. The summed E-state index contributed by atoms with van der Waals surface area (Å²) in [4.78, 5) is 11.3. The van der Waals surface area contributed by atoms with Gasteiger partial charge in [-0.1, -0.05) is 17.7 Å². The number of benzene rings is 2. The number of rotatable bonds is 7. The van der Waals surface area contributed by atoms with Gasteiger partial charge in [0, 0.05) is 37.7 Å². The van der Waals surface area contributed by atoms with Gasteiger partial charge in [-0.25, -0.2) is 14.4 Å². The first kappa shape index (κ1) is 24.0. The molecule has 1 aromatic heterocycles. The molecule has 1 saturated carbocycles. The van der Waals surface area contributed by atoms with Crippen LogP contribution >= 0.6 is 11.6 Å². The molecule has 2 heterocycles. The van der Waals surface area contributed by atoms with E-state index in [-0.39, 0.29) is 16.8 Å². The molecule has 5 rings (SSSR count). The number of methoxy groups -OCH3 is 2. The normalized spacial score (nSPS) is 22.9. The van der Waals surface area contributed by atoms with E-state index in [2.05, 4.69) is 20.2 Å². The van der Waals surface area contributed by atoms with Gasteiger partial charge >= 0.3 is 0 Å². The number of hydrogen-bond donors (Lipinski definition) is 1. The van der Waals surface area contributed by atoms with Crippen LogP contribution in [-0.4, -0.2) is 60.4 Å². The van der Waals surface area contributed by atoms with Crippen LogP contribution in [-0.2, 0) is 4.74 Å². The third-order valence-corrected chi connectivity index (χ3v) is 7.38. The van der Waals surface area contributed by atoms with Crippen molar-refractivity contribution in [1.82, 2.24) is 14.9 Å². The summed E-state index contributed by atoms with van der Waals surface area (Å²) in [6.45, 7) is 2.13. The zero-order valence-electron chi connectivity index (χ0n) is 20.0. The highest BCUT2D eigenvalue weighted by Gasteiger charge is 2.32. The molecule has 0 unspecified atom stereocenters. The number of likely N-dealkylation sites (tertiary alicyclic amines) is 1. The number of nitrogens with one attached hydrogen (secondary N) is 1. The van der Waals surface area contributed by atoms with E-state index in [4.69, 9.17) is 25.8 Å². The summed E-state index contributed by atoms with van der Waals surface area (Å²) < 4.78 is 32.1. The van der Waals surface area contributed by atoms with Crippen LogP contribution in [0.15, 0.2) is 36.7 Å². The van der Waals surface area contributed by atoms with Gasteiger partial charge in [-0.2, -0.15) is 0 Å². The van der Waals surface area contributed by atoms with Crippen LogP contribution in [0.25, 0.3) is 10.9 Å². The van der Waals surface area contributed by atoms with E-state index < -0.39 is 5.82 Å². The summed E-state index contributed by atoms with van der Waals surface area (Å²) in [6, 6.07) is 9.09. The summed E-state index contributed by atoms with van der Waals surface area (Å²) in [5, 5.41) is 3.80. The predicted molar refractivity (Wildman–Crippen MR) is 134 cm³/mol. The highest BCUT2D eigenvalue weighted by atomic mass is 35.5. The predicted octanol–water partition coefficient (Wildman–Crippen LogP) is 5.59. The van der Waals surface area contributed by atoms with Gasteiger partial charge in [-0.15, -0.1) is 0 Å². The van der Waals surface area contributed by atoms with Gasteiger partial charge < -0.3 is 19.5 Å². The number of nitrogens with zero attached hydrogens (tertiary/aromatic N) is 3. The highest BCUT2D eigenvalue weighted by molar-refractivity contribution is 6.31. The number of aromatic nitrogens is 2. The minimum absolute atomic E-state index is 0.0429. The van der Waals surface area contributed by atoms with Gasteiger partial charge in [0.25, 0.3) is 0 Å². The van der Waals surface area contributed by atoms with E-state index in [0.717, 1.165) is 45.2 Å². The first-order valence-electron chi connectivity index (χ1n) is 12.0. The standard InChI is InChI=1S/C26H30ClFN4O3/c1-33-18-10-11-32(14-18)16-6-8-17(9-7-16)35-24-12-19-22(13-23(24)34-2)29-15-30-26(19)31-21-5-3-4-20(27)25(21)28/h3-5,12-13,15-18H,6-11,14H2,1-2H3,(H,29,30,31)/t16?,17?,18-/m1/s1. The molecule has 1 aliphatic carbocycles. The van der Waals surface area contributed by atoms with Crippen molar-refractivity contribution in [1.29, 1.82) is 0 Å². The van der Waals surface area contributed by atoms with Crippen LogP contribution in [0.2, 0.25) is 5.02 Å². The average Bonchev–Trinajstić information content (AvgIpc) is 3.37. The molecule has 1 N–H and O–H groups in total. The fraction of sp³-hybridized carbons (Fsp3) is 0.462. The second kappa shape index (κ2) is 10.5. The Balaban J connectivity index is 1.33. The Morgan fingerprint density at radius 2 is 1.86 bits per heavy atom. The highest BCUT2D eigenvalue weighted by Crippen LogP contribution is 2.38. The van der Waals surface area contributed by atoms with Crippen molar-refractivity contribution in [2.75, 3.05) is 32.6 Å². The summed E-state index contributed by atoms with van der Waals surface area (Å²) in [6.07, 6.45) is 7.15. The Hall–Kier alpha value is -2.68. The van der Waals surface area contributed by atoms with Crippen LogP contribution in [0.4, 0.5) is 15.9 Å². The average molecular weight is 501 g/mol. The third-order valence-electron chi connectivity index (χ3n) is 7.09. The largest absolute Gasteiger partial charge is 0.493 e. The number of halogens is 2. The number of hydrogen-bond acceptors (Lipinski definition) is 7. The molecule has 2 aromatic carbocycles. The van der Waals surface area contributed by atoms with Gasteiger partial charge in [0.15, 0.2) is 17.3 Å². The minimum Gasteiger partial charge on any atom is -0.493 e. The smallest absolute Gasteiger partial charge is 0.165 e. The Bertz CT molecular complexity index is 1190. The molecule has 7 nitrogen and oxygen atoms in total. The maximum atomic E-state index is 14.5. The van der Waals surface area contributed by atoms with Crippen LogP contribution in [0.5, 0.6) is 11.5 Å². The maximum absolute atomic E-state index is 14.5. The lowest BCUT2D eigenvalue weighted by molar-refractivity contribution is 0.0752. The lowest BCUT2D eigenvalue weighted by Gasteiger charge is -2.34. The number of anilines is 2. The van der Waals surface area contributed by atoms with Crippen LogP contribution < -0.4 is 14.8 Å². The topological polar surface area (TPSA) is 68.7 Å². The molecule has 186 valence electrons. The quantitative estimate of drug-likeness (QED) is 0.453. The molecule has 2 fully saturated rings.